The van der Waals surface area contributed by atoms with E-state index in [9.17, 15) is 13.2 Å². The maximum atomic E-state index is 11.9. The second-order valence-electron chi connectivity index (χ2n) is 6.70. The van der Waals surface area contributed by atoms with Crippen molar-refractivity contribution in [1.82, 2.24) is 5.32 Å². The Morgan fingerprint density at radius 1 is 0.963 bits per heavy atom. The van der Waals surface area contributed by atoms with Crippen molar-refractivity contribution in [2.24, 2.45) is 5.14 Å². The first kappa shape index (κ1) is 20.9. The molecule has 7 heteroatoms. The highest BCUT2D eigenvalue weighted by Gasteiger charge is 2.07. The van der Waals surface area contributed by atoms with E-state index >= 15 is 0 Å². The Hall–Kier alpha value is -2.38. The predicted molar refractivity (Wildman–Crippen MR) is 108 cm³/mol. The lowest BCUT2D eigenvalue weighted by Crippen LogP contribution is -2.25. The third kappa shape index (κ3) is 7.03. The molecular weight excluding hydrogens is 362 g/mol. The molecule has 0 aromatic heterocycles. The van der Waals surface area contributed by atoms with Gasteiger partial charge in [0.25, 0.3) is 0 Å². The molecule has 0 saturated heterocycles. The van der Waals surface area contributed by atoms with Gasteiger partial charge in [-0.25, -0.2) is 13.6 Å². The molecule has 0 bridgehead atoms. The first-order valence-corrected chi connectivity index (χ1v) is 10.4. The molecule has 27 heavy (non-hydrogen) atoms. The molecule has 2 aromatic carbocycles. The van der Waals surface area contributed by atoms with Crippen molar-refractivity contribution < 1.29 is 13.2 Å². The van der Waals surface area contributed by atoms with Crippen LogP contribution in [0.1, 0.15) is 24.0 Å². The minimum absolute atomic E-state index is 0.00604. The van der Waals surface area contributed by atoms with Gasteiger partial charge >= 0.3 is 0 Å². The maximum absolute atomic E-state index is 11.9. The van der Waals surface area contributed by atoms with E-state index in [1.807, 2.05) is 14.1 Å². The van der Waals surface area contributed by atoms with Gasteiger partial charge in [0.05, 0.1) is 4.90 Å². The van der Waals surface area contributed by atoms with Crippen molar-refractivity contribution in [3.8, 4) is 0 Å². The van der Waals surface area contributed by atoms with E-state index in [1.54, 1.807) is 12.1 Å². The summed E-state index contributed by atoms with van der Waals surface area (Å²) in [6.07, 6.45) is 2.73. The molecule has 0 saturated carbocycles. The van der Waals surface area contributed by atoms with Crippen LogP contribution in [0.3, 0.4) is 0 Å². The molecule has 0 spiro atoms. The summed E-state index contributed by atoms with van der Waals surface area (Å²) < 4.78 is 22.4. The van der Waals surface area contributed by atoms with E-state index in [2.05, 4.69) is 34.5 Å². The van der Waals surface area contributed by atoms with E-state index in [0.29, 0.717) is 19.4 Å². The van der Waals surface area contributed by atoms with Crippen LogP contribution < -0.4 is 15.4 Å². The van der Waals surface area contributed by atoms with Crippen LogP contribution >= 0.6 is 0 Å². The molecule has 0 heterocycles. The number of nitrogens with two attached hydrogens (primary N) is 1. The summed E-state index contributed by atoms with van der Waals surface area (Å²) in [5, 5.41) is 7.99. The fourth-order valence-corrected chi connectivity index (χ4v) is 3.19. The number of sulfonamides is 1. The van der Waals surface area contributed by atoms with Gasteiger partial charge in [-0.3, -0.25) is 4.79 Å². The van der Waals surface area contributed by atoms with Gasteiger partial charge < -0.3 is 10.2 Å². The largest absolute Gasteiger partial charge is 0.378 e. The van der Waals surface area contributed by atoms with Crippen LogP contribution in [0.15, 0.2) is 53.4 Å². The highest BCUT2D eigenvalue weighted by atomic mass is 32.2. The lowest BCUT2D eigenvalue weighted by molar-refractivity contribution is -0.121. The Labute approximate surface area is 161 Å². The van der Waals surface area contributed by atoms with Gasteiger partial charge in [0.1, 0.15) is 0 Å². The summed E-state index contributed by atoms with van der Waals surface area (Å²) in [5.74, 6) is -0.00604. The zero-order valence-corrected chi connectivity index (χ0v) is 16.6. The van der Waals surface area contributed by atoms with Crippen molar-refractivity contribution in [2.45, 2.75) is 30.6 Å². The SMILES string of the molecule is CN(C)c1ccc(CCCNC(=O)CCc2ccc(S(N)(=O)=O)cc2)cc1. The average molecular weight is 390 g/mol. The van der Waals surface area contributed by atoms with Crippen LogP contribution in [0.4, 0.5) is 5.69 Å². The second kappa shape index (κ2) is 9.53. The number of nitrogens with zero attached hydrogens (tertiary/aromatic N) is 1. The van der Waals surface area contributed by atoms with E-state index in [0.717, 1.165) is 18.4 Å². The molecule has 2 rings (SSSR count). The molecule has 0 aliphatic carbocycles. The molecule has 0 atom stereocenters. The number of carbonyl (C=O) groups is 1. The van der Waals surface area contributed by atoms with Crippen molar-refractivity contribution >= 4 is 21.6 Å². The molecule has 0 fully saturated rings. The summed E-state index contributed by atoms with van der Waals surface area (Å²) in [4.78, 5) is 14.1. The van der Waals surface area contributed by atoms with Gasteiger partial charge in [-0.2, -0.15) is 0 Å². The monoisotopic (exact) mass is 389 g/mol. The third-order valence-corrected chi connectivity index (χ3v) is 5.24. The smallest absolute Gasteiger partial charge is 0.238 e. The van der Waals surface area contributed by atoms with E-state index in [-0.39, 0.29) is 10.8 Å². The number of carbonyl (C=O) groups excluding carboxylic acids is 1. The first-order valence-electron chi connectivity index (χ1n) is 8.90. The lowest BCUT2D eigenvalue weighted by atomic mass is 10.1. The summed E-state index contributed by atoms with van der Waals surface area (Å²) >= 11 is 0. The second-order valence-corrected chi connectivity index (χ2v) is 8.26. The molecule has 0 unspecified atom stereocenters. The number of benzene rings is 2. The van der Waals surface area contributed by atoms with Gasteiger partial charge in [0.15, 0.2) is 0 Å². The van der Waals surface area contributed by atoms with Crippen molar-refractivity contribution in [2.75, 3.05) is 25.5 Å². The van der Waals surface area contributed by atoms with E-state index in [1.165, 1.54) is 23.4 Å². The van der Waals surface area contributed by atoms with Gasteiger partial charge in [0.2, 0.25) is 15.9 Å². The molecule has 146 valence electrons. The Balaban J connectivity index is 1.67. The molecule has 0 aliphatic heterocycles. The standard InChI is InChI=1S/C20H27N3O3S/c1-23(2)18-10-5-16(6-11-18)4-3-15-22-20(24)14-9-17-7-12-19(13-8-17)27(21,25)26/h5-8,10-13H,3-4,9,14-15H2,1-2H3,(H,22,24)(H2,21,25,26). The fourth-order valence-electron chi connectivity index (χ4n) is 2.67. The zero-order chi connectivity index (χ0) is 19.9. The number of hydrogen-bond donors (Lipinski definition) is 2. The van der Waals surface area contributed by atoms with E-state index in [4.69, 9.17) is 5.14 Å². The highest BCUT2D eigenvalue weighted by molar-refractivity contribution is 7.89. The number of hydrogen-bond acceptors (Lipinski definition) is 4. The van der Waals surface area contributed by atoms with Gasteiger partial charge in [-0.05, 0) is 54.7 Å². The van der Waals surface area contributed by atoms with Crippen molar-refractivity contribution in [3.63, 3.8) is 0 Å². The van der Waals surface area contributed by atoms with Crippen molar-refractivity contribution in [3.05, 3.63) is 59.7 Å². The number of rotatable bonds is 9. The maximum Gasteiger partial charge on any atom is 0.238 e. The van der Waals surface area contributed by atoms with E-state index < -0.39 is 10.0 Å². The minimum atomic E-state index is -3.68. The topological polar surface area (TPSA) is 92.5 Å². The predicted octanol–water partition coefficient (Wildman–Crippen LogP) is 2.08. The van der Waals surface area contributed by atoms with Gasteiger partial charge in [0, 0.05) is 32.7 Å². The van der Waals surface area contributed by atoms with Gasteiger partial charge in [-0.1, -0.05) is 24.3 Å². The van der Waals surface area contributed by atoms with Crippen molar-refractivity contribution in [1.29, 1.82) is 0 Å². The minimum Gasteiger partial charge on any atom is -0.378 e. The number of primary sulfonamides is 1. The number of amides is 1. The summed E-state index contributed by atoms with van der Waals surface area (Å²) in [6, 6.07) is 14.7. The van der Waals surface area contributed by atoms with Crippen LogP contribution in [-0.2, 0) is 27.7 Å². The molecule has 3 N–H and O–H groups in total. The first-order chi connectivity index (χ1) is 12.8. The molecular formula is C20H27N3O3S. The van der Waals surface area contributed by atoms with Gasteiger partial charge in [-0.15, -0.1) is 0 Å². The average Bonchev–Trinajstić information content (AvgIpc) is 2.63. The van der Waals surface area contributed by atoms with Crippen LogP contribution in [-0.4, -0.2) is 35.0 Å². The summed E-state index contributed by atoms with van der Waals surface area (Å²) in [7, 11) is 0.349. The summed E-state index contributed by atoms with van der Waals surface area (Å²) in [6.45, 7) is 0.638. The summed E-state index contributed by atoms with van der Waals surface area (Å²) in [5.41, 5.74) is 3.33. The number of aryl methyl sites for hydroxylation is 2. The van der Waals surface area contributed by atoms with Crippen LogP contribution in [0.25, 0.3) is 0 Å². The molecule has 6 nitrogen and oxygen atoms in total. The molecule has 0 radical (unpaired) electrons. The zero-order valence-electron chi connectivity index (χ0n) is 15.8. The number of anilines is 1. The quantitative estimate of drug-likeness (QED) is 0.642. The number of nitrogens with one attached hydrogen (secondary N) is 1. The van der Waals surface area contributed by atoms with Crippen LogP contribution in [0.2, 0.25) is 0 Å². The Bertz CT molecular complexity index is 845. The Morgan fingerprint density at radius 2 is 1.52 bits per heavy atom. The molecule has 0 aliphatic rings. The Morgan fingerprint density at radius 3 is 2.07 bits per heavy atom. The Kier molecular flexibility index (Phi) is 7.38. The van der Waals surface area contributed by atoms with Crippen LogP contribution in [0.5, 0.6) is 0 Å². The molecule has 2 aromatic rings. The lowest BCUT2D eigenvalue weighted by Gasteiger charge is -2.12. The third-order valence-electron chi connectivity index (χ3n) is 4.31. The van der Waals surface area contributed by atoms with Crippen LogP contribution in [0, 0.1) is 0 Å². The normalized spacial score (nSPS) is 11.2. The fraction of sp³-hybridized carbons (Fsp3) is 0.350. The molecule has 1 amide bonds. The highest BCUT2D eigenvalue weighted by Crippen LogP contribution is 2.13.